The second kappa shape index (κ2) is 8.79. The summed E-state index contributed by atoms with van der Waals surface area (Å²) in [5.41, 5.74) is 1.86. The molecule has 1 rings (SSSR count). The number of nitrogens with zero attached hydrogens (tertiary/aromatic N) is 1. The van der Waals surface area contributed by atoms with Crippen molar-refractivity contribution in [3.63, 3.8) is 0 Å². The van der Waals surface area contributed by atoms with Gasteiger partial charge in [-0.15, -0.1) is 0 Å². The van der Waals surface area contributed by atoms with Crippen LogP contribution in [0.5, 0.6) is 5.75 Å². The summed E-state index contributed by atoms with van der Waals surface area (Å²) >= 11 is 0. The Morgan fingerprint density at radius 2 is 2.19 bits per heavy atom. The van der Waals surface area contributed by atoms with Gasteiger partial charge in [0.25, 0.3) is 0 Å². The highest BCUT2D eigenvalue weighted by Crippen LogP contribution is 2.30. The molecule has 0 radical (unpaired) electrons. The number of ether oxygens (including phenoxy) is 1. The number of nitrogens with one attached hydrogen (secondary N) is 1. The molecule has 5 heteroatoms. The van der Waals surface area contributed by atoms with Crippen molar-refractivity contribution >= 4 is 11.3 Å². The molecule has 0 saturated carbocycles. The van der Waals surface area contributed by atoms with E-state index in [1.807, 2.05) is 32.2 Å². The van der Waals surface area contributed by atoms with Gasteiger partial charge in [-0.05, 0) is 55.8 Å². The molecule has 0 heterocycles. The van der Waals surface area contributed by atoms with Crippen molar-refractivity contribution in [1.82, 2.24) is 5.32 Å². The molecule has 0 aromatic heterocycles. The summed E-state index contributed by atoms with van der Waals surface area (Å²) in [5.74, 6) is 0.300. The Labute approximate surface area is 125 Å². The van der Waals surface area contributed by atoms with Crippen LogP contribution in [0.4, 0.5) is 5.69 Å². The van der Waals surface area contributed by atoms with E-state index in [0.717, 1.165) is 24.1 Å². The van der Waals surface area contributed by atoms with Gasteiger partial charge in [-0.3, -0.25) is 10.1 Å². The fourth-order valence-corrected chi connectivity index (χ4v) is 1.85. The van der Waals surface area contributed by atoms with Crippen LogP contribution in [0.1, 0.15) is 32.8 Å². The van der Waals surface area contributed by atoms with Crippen LogP contribution in [0.2, 0.25) is 0 Å². The van der Waals surface area contributed by atoms with Crippen molar-refractivity contribution in [3.8, 4) is 5.75 Å². The molecule has 0 atom stereocenters. The number of hydrogen-bond donors (Lipinski definition) is 1. The van der Waals surface area contributed by atoms with Crippen LogP contribution < -0.4 is 10.1 Å². The molecule has 0 saturated heterocycles. The van der Waals surface area contributed by atoms with Crippen LogP contribution in [0.15, 0.2) is 36.6 Å². The average Bonchev–Trinajstić information content (AvgIpc) is 2.47. The van der Waals surface area contributed by atoms with Gasteiger partial charge in [0.1, 0.15) is 0 Å². The highest BCUT2D eigenvalue weighted by atomic mass is 16.6. The van der Waals surface area contributed by atoms with Crippen LogP contribution in [0.3, 0.4) is 0 Å². The number of allylic oxidation sites excluding steroid dienone is 3. The number of benzene rings is 1. The van der Waals surface area contributed by atoms with Crippen LogP contribution in [0, 0.1) is 10.1 Å². The molecule has 21 heavy (non-hydrogen) atoms. The highest BCUT2D eigenvalue weighted by Gasteiger charge is 2.15. The first-order chi connectivity index (χ1) is 10.1. The van der Waals surface area contributed by atoms with Crippen LogP contribution in [-0.4, -0.2) is 18.1 Å². The minimum absolute atomic E-state index is 0.0101. The summed E-state index contributed by atoms with van der Waals surface area (Å²) in [6.45, 7) is 7.15. The third-order valence-corrected chi connectivity index (χ3v) is 2.88. The average molecular weight is 290 g/mol. The molecule has 1 aromatic carbocycles. The van der Waals surface area contributed by atoms with Crippen molar-refractivity contribution in [2.75, 3.05) is 13.2 Å². The van der Waals surface area contributed by atoms with Gasteiger partial charge in [-0.1, -0.05) is 13.0 Å². The molecule has 1 N–H and O–H groups in total. The zero-order chi connectivity index (χ0) is 15.7. The molecule has 0 unspecified atom stereocenters. The van der Waals surface area contributed by atoms with E-state index in [-0.39, 0.29) is 5.69 Å². The topological polar surface area (TPSA) is 64.4 Å². The van der Waals surface area contributed by atoms with Crippen LogP contribution in [-0.2, 0) is 0 Å². The Kier molecular flexibility index (Phi) is 7.01. The molecule has 0 spiro atoms. The van der Waals surface area contributed by atoms with Gasteiger partial charge in [0, 0.05) is 12.6 Å². The molecule has 0 aliphatic heterocycles. The first-order valence-corrected chi connectivity index (χ1v) is 7.11. The predicted molar refractivity (Wildman–Crippen MR) is 85.4 cm³/mol. The Morgan fingerprint density at radius 3 is 2.76 bits per heavy atom. The smallest absolute Gasteiger partial charge is 0.310 e. The van der Waals surface area contributed by atoms with E-state index in [4.69, 9.17) is 4.74 Å². The maximum Gasteiger partial charge on any atom is 0.310 e. The second-order valence-electron chi connectivity index (χ2n) is 4.40. The van der Waals surface area contributed by atoms with Crippen molar-refractivity contribution in [2.24, 2.45) is 0 Å². The SMILES string of the molecule is C/C=C(\C=C/NCCC)c1ccc([N+](=O)[O-])c(OCC)c1. The minimum Gasteiger partial charge on any atom is -0.487 e. The van der Waals surface area contributed by atoms with Gasteiger partial charge in [0.15, 0.2) is 5.75 Å². The Balaban J connectivity index is 3.03. The molecule has 5 nitrogen and oxygen atoms in total. The second-order valence-corrected chi connectivity index (χ2v) is 4.40. The van der Waals surface area contributed by atoms with E-state index in [1.54, 1.807) is 12.1 Å². The zero-order valence-corrected chi connectivity index (χ0v) is 12.8. The molecule has 0 fully saturated rings. The first-order valence-electron chi connectivity index (χ1n) is 7.11. The zero-order valence-electron chi connectivity index (χ0n) is 12.8. The number of nitro groups is 1. The Bertz CT molecular complexity index is 536. The standard InChI is InChI=1S/C16H22N2O3/c1-4-10-17-11-9-13(5-2)14-7-8-15(18(19)20)16(12-14)21-6-3/h5,7-9,11-12,17H,4,6,10H2,1-3H3/b11-9-,13-5+. The lowest BCUT2D eigenvalue weighted by atomic mass is 10.0. The van der Waals surface area contributed by atoms with Gasteiger partial charge in [0.05, 0.1) is 11.5 Å². The van der Waals surface area contributed by atoms with E-state index in [9.17, 15) is 10.1 Å². The number of rotatable bonds is 8. The van der Waals surface area contributed by atoms with Gasteiger partial charge < -0.3 is 10.1 Å². The van der Waals surface area contributed by atoms with Crippen molar-refractivity contribution in [1.29, 1.82) is 0 Å². The fraction of sp³-hybridized carbons (Fsp3) is 0.375. The predicted octanol–water partition coefficient (Wildman–Crippen LogP) is 3.91. The summed E-state index contributed by atoms with van der Waals surface area (Å²) in [6.07, 6.45) is 6.86. The molecule has 0 aliphatic rings. The maximum atomic E-state index is 11.0. The quantitative estimate of drug-likeness (QED) is 0.341. The summed E-state index contributed by atoms with van der Waals surface area (Å²) in [7, 11) is 0. The molecular weight excluding hydrogens is 268 g/mol. The lowest BCUT2D eigenvalue weighted by Gasteiger charge is -2.08. The van der Waals surface area contributed by atoms with Gasteiger partial charge in [-0.25, -0.2) is 0 Å². The fourth-order valence-electron chi connectivity index (χ4n) is 1.85. The van der Waals surface area contributed by atoms with E-state index in [1.165, 1.54) is 6.07 Å². The Hall–Kier alpha value is -2.30. The number of hydrogen-bond acceptors (Lipinski definition) is 4. The van der Waals surface area contributed by atoms with Crippen molar-refractivity contribution in [2.45, 2.75) is 27.2 Å². The normalized spacial score (nSPS) is 11.7. The van der Waals surface area contributed by atoms with Crippen molar-refractivity contribution < 1.29 is 9.66 Å². The van der Waals surface area contributed by atoms with Crippen LogP contribution >= 0.6 is 0 Å². The third kappa shape index (κ3) is 4.95. The largest absolute Gasteiger partial charge is 0.487 e. The molecule has 114 valence electrons. The maximum absolute atomic E-state index is 11.0. The molecule has 0 bridgehead atoms. The summed E-state index contributed by atoms with van der Waals surface area (Å²) in [4.78, 5) is 10.6. The first kappa shape index (κ1) is 16.8. The highest BCUT2D eigenvalue weighted by molar-refractivity contribution is 5.75. The lowest BCUT2D eigenvalue weighted by Crippen LogP contribution is -2.04. The summed E-state index contributed by atoms with van der Waals surface area (Å²) in [6, 6.07) is 4.93. The van der Waals surface area contributed by atoms with E-state index in [0.29, 0.717) is 12.4 Å². The summed E-state index contributed by atoms with van der Waals surface area (Å²) < 4.78 is 5.37. The Morgan fingerprint density at radius 1 is 1.43 bits per heavy atom. The molecular formula is C16H22N2O3. The molecule has 0 aliphatic carbocycles. The van der Waals surface area contributed by atoms with Gasteiger partial charge in [0.2, 0.25) is 0 Å². The summed E-state index contributed by atoms with van der Waals surface area (Å²) in [5, 5.41) is 14.2. The van der Waals surface area contributed by atoms with Crippen LogP contribution in [0.25, 0.3) is 5.57 Å². The van der Waals surface area contributed by atoms with Gasteiger partial charge >= 0.3 is 5.69 Å². The van der Waals surface area contributed by atoms with E-state index < -0.39 is 4.92 Å². The lowest BCUT2D eigenvalue weighted by molar-refractivity contribution is -0.385. The number of nitro benzene ring substituents is 1. The monoisotopic (exact) mass is 290 g/mol. The molecule has 1 aromatic rings. The third-order valence-electron chi connectivity index (χ3n) is 2.88. The minimum atomic E-state index is -0.428. The van der Waals surface area contributed by atoms with Gasteiger partial charge in [-0.2, -0.15) is 0 Å². The van der Waals surface area contributed by atoms with Crippen molar-refractivity contribution in [3.05, 3.63) is 52.2 Å². The van der Waals surface area contributed by atoms with E-state index >= 15 is 0 Å². The molecule has 0 amide bonds. The van der Waals surface area contributed by atoms with E-state index in [2.05, 4.69) is 12.2 Å².